The molecule has 0 bridgehead atoms. The Bertz CT molecular complexity index is 996. The Morgan fingerprint density at radius 1 is 1.00 bits per heavy atom. The van der Waals surface area contributed by atoms with Crippen LogP contribution in [-0.4, -0.2) is 30.1 Å². The molecule has 1 aromatic heterocycles. The van der Waals surface area contributed by atoms with Gasteiger partial charge >= 0.3 is 0 Å². The van der Waals surface area contributed by atoms with Crippen LogP contribution >= 0.6 is 11.6 Å². The Hall–Kier alpha value is -3.32. The summed E-state index contributed by atoms with van der Waals surface area (Å²) in [6, 6.07) is 14.1. The second kappa shape index (κ2) is 8.58. The maximum absolute atomic E-state index is 12.5. The summed E-state index contributed by atoms with van der Waals surface area (Å²) in [5, 5.41) is 6.28. The van der Waals surface area contributed by atoms with Crippen LogP contribution in [0.2, 0.25) is 5.02 Å². The van der Waals surface area contributed by atoms with Crippen molar-refractivity contribution < 1.29 is 14.3 Å². The molecule has 0 saturated heterocycles. The van der Waals surface area contributed by atoms with Crippen LogP contribution in [0.15, 0.2) is 48.5 Å². The minimum atomic E-state index is -0.333. The number of aromatic nitrogens is 2. The smallest absolute Gasteiger partial charge is 0.274 e. The monoisotopic (exact) mass is 398 g/mol. The highest BCUT2D eigenvalue weighted by Crippen LogP contribution is 2.36. The maximum Gasteiger partial charge on any atom is 0.274 e. The van der Waals surface area contributed by atoms with Crippen LogP contribution in [0.4, 0.5) is 17.3 Å². The van der Waals surface area contributed by atoms with Gasteiger partial charge in [-0.1, -0.05) is 29.8 Å². The molecule has 0 spiro atoms. The number of para-hydroxylation sites is 1. The first kappa shape index (κ1) is 19.4. The number of methoxy groups -OCH3 is 2. The van der Waals surface area contributed by atoms with Gasteiger partial charge in [0.15, 0.2) is 0 Å². The first-order valence-electron chi connectivity index (χ1n) is 8.41. The van der Waals surface area contributed by atoms with Gasteiger partial charge in [0, 0.05) is 23.5 Å². The molecule has 8 heteroatoms. The SMILES string of the molecule is COc1cc(Nc2nc(C)cc(C(=O)Nc3ccccc3)n2)c(OC)cc1Cl. The lowest BCUT2D eigenvalue weighted by Crippen LogP contribution is -2.15. The molecule has 1 heterocycles. The Kier molecular flexibility index (Phi) is 5.96. The zero-order chi connectivity index (χ0) is 20.1. The van der Waals surface area contributed by atoms with Crippen molar-refractivity contribution in [3.63, 3.8) is 0 Å². The summed E-state index contributed by atoms with van der Waals surface area (Å²) in [5.74, 6) is 0.882. The number of aryl methyl sites for hydroxylation is 1. The quantitative estimate of drug-likeness (QED) is 0.638. The molecule has 0 fully saturated rings. The number of carbonyl (C=O) groups is 1. The van der Waals surface area contributed by atoms with E-state index in [0.29, 0.717) is 33.6 Å². The minimum Gasteiger partial charge on any atom is -0.495 e. The van der Waals surface area contributed by atoms with Crippen molar-refractivity contribution in [2.24, 2.45) is 0 Å². The summed E-state index contributed by atoms with van der Waals surface area (Å²) in [5.41, 5.74) is 2.11. The van der Waals surface area contributed by atoms with E-state index < -0.39 is 0 Å². The number of ether oxygens (including phenoxy) is 2. The minimum absolute atomic E-state index is 0.235. The molecule has 2 aromatic carbocycles. The van der Waals surface area contributed by atoms with Gasteiger partial charge in [-0.2, -0.15) is 0 Å². The van der Waals surface area contributed by atoms with Crippen LogP contribution in [0.5, 0.6) is 11.5 Å². The second-order valence-corrected chi connectivity index (χ2v) is 6.26. The Morgan fingerprint density at radius 2 is 1.71 bits per heavy atom. The summed E-state index contributed by atoms with van der Waals surface area (Å²) in [6.45, 7) is 1.78. The average molecular weight is 399 g/mol. The maximum atomic E-state index is 12.5. The van der Waals surface area contributed by atoms with Crippen molar-refractivity contribution in [1.82, 2.24) is 9.97 Å². The lowest BCUT2D eigenvalue weighted by atomic mass is 10.2. The van der Waals surface area contributed by atoms with Crippen LogP contribution < -0.4 is 20.1 Å². The molecular weight excluding hydrogens is 380 g/mol. The van der Waals surface area contributed by atoms with Gasteiger partial charge in [-0.3, -0.25) is 4.79 Å². The molecule has 0 saturated carbocycles. The van der Waals surface area contributed by atoms with Crippen molar-refractivity contribution in [2.75, 3.05) is 24.9 Å². The highest BCUT2D eigenvalue weighted by Gasteiger charge is 2.14. The van der Waals surface area contributed by atoms with E-state index in [2.05, 4.69) is 20.6 Å². The summed E-state index contributed by atoms with van der Waals surface area (Å²) < 4.78 is 10.6. The number of benzene rings is 2. The number of nitrogens with zero attached hydrogens (tertiary/aromatic N) is 2. The number of anilines is 3. The fourth-order valence-corrected chi connectivity index (χ4v) is 2.77. The Balaban J connectivity index is 1.89. The predicted molar refractivity (Wildman–Crippen MR) is 109 cm³/mol. The number of nitrogens with one attached hydrogen (secondary N) is 2. The summed E-state index contributed by atoms with van der Waals surface area (Å²) >= 11 is 6.14. The van der Waals surface area contributed by atoms with Crippen LogP contribution in [0.1, 0.15) is 16.2 Å². The molecule has 0 atom stereocenters. The number of hydrogen-bond acceptors (Lipinski definition) is 6. The summed E-state index contributed by atoms with van der Waals surface area (Å²) in [4.78, 5) is 21.2. The zero-order valence-corrected chi connectivity index (χ0v) is 16.4. The van der Waals surface area contributed by atoms with E-state index in [-0.39, 0.29) is 17.5 Å². The van der Waals surface area contributed by atoms with Crippen LogP contribution in [0.25, 0.3) is 0 Å². The van der Waals surface area contributed by atoms with Gasteiger partial charge in [-0.05, 0) is 25.1 Å². The first-order chi connectivity index (χ1) is 13.5. The van der Waals surface area contributed by atoms with E-state index in [4.69, 9.17) is 21.1 Å². The van der Waals surface area contributed by atoms with E-state index >= 15 is 0 Å². The molecule has 2 N–H and O–H groups in total. The highest BCUT2D eigenvalue weighted by molar-refractivity contribution is 6.32. The van der Waals surface area contributed by atoms with Crippen molar-refractivity contribution in [1.29, 1.82) is 0 Å². The Labute approximate surface area is 167 Å². The molecule has 3 rings (SSSR count). The third-order valence-electron chi connectivity index (χ3n) is 3.84. The molecule has 1 amide bonds. The molecule has 0 aliphatic heterocycles. The lowest BCUT2D eigenvalue weighted by molar-refractivity contribution is 0.102. The van der Waals surface area contributed by atoms with Crippen molar-refractivity contribution in [2.45, 2.75) is 6.92 Å². The van der Waals surface area contributed by atoms with Gasteiger partial charge in [0.05, 0.1) is 24.9 Å². The largest absolute Gasteiger partial charge is 0.495 e. The van der Waals surface area contributed by atoms with E-state index in [0.717, 1.165) is 0 Å². The number of rotatable bonds is 6. The summed E-state index contributed by atoms with van der Waals surface area (Å²) in [6.07, 6.45) is 0. The Morgan fingerprint density at radius 3 is 2.39 bits per heavy atom. The molecular formula is C20H19ClN4O3. The molecule has 0 aliphatic carbocycles. The van der Waals surface area contributed by atoms with Crippen molar-refractivity contribution >= 4 is 34.8 Å². The van der Waals surface area contributed by atoms with Crippen molar-refractivity contribution in [3.05, 3.63) is 64.9 Å². The van der Waals surface area contributed by atoms with Crippen molar-refractivity contribution in [3.8, 4) is 11.5 Å². The molecule has 0 unspecified atom stereocenters. The van der Waals surface area contributed by atoms with Crippen LogP contribution in [0, 0.1) is 6.92 Å². The third-order valence-corrected chi connectivity index (χ3v) is 4.13. The number of hydrogen-bond donors (Lipinski definition) is 2. The zero-order valence-electron chi connectivity index (χ0n) is 15.6. The average Bonchev–Trinajstić information content (AvgIpc) is 2.69. The highest BCUT2D eigenvalue weighted by atomic mass is 35.5. The predicted octanol–water partition coefficient (Wildman–Crippen LogP) is 4.45. The van der Waals surface area contributed by atoms with E-state index in [1.165, 1.54) is 14.2 Å². The van der Waals surface area contributed by atoms with Gasteiger partial charge in [-0.25, -0.2) is 9.97 Å². The molecule has 0 radical (unpaired) electrons. The van der Waals surface area contributed by atoms with Gasteiger partial charge in [0.25, 0.3) is 5.91 Å². The van der Waals surface area contributed by atoms with Crippen LogP contribution in [0.3, 0.4) is 0 Å². The van der Waals surface area contributed by atoms with Gasteiger partial charge in [-0.15, -0.1) is 0 Å². The van der Waals surface area contributed by atoms with Gasteiger partial charge in [0.2, 0.25) is 5.95 Å². The molecule has 144 valence electrons. The topological polar surface area (TPSA) is 85.4 Å². The lowest BCUT2D eigenvalue weighted by Gasteiger charge is -2.14. The summed E-state index contributed by atoms with van der Waals surface area (Å²) in [7, 11) is 3.05. The van der Waals surface area contributed by atoms with Gasteiger partial charge < -0.3 is 20.1 Å². The fraction of sp³-hybridized carbons (Fsp3) is 0.150. The van der Waals surface area contributed by atoms with E-state index in [9.17, 15) is 4.79 Å². The molecule has 7 nitrogen and oxygen atoms in total. The fourth-order valence-electron chi connectivity index (χ4n) is 2.54. The van der Waals surface area contributed by atoms with Crippen LogP contribution in [-0.2, 0) is 0 Å². The van der Waals surface area contributed by atoms with Gasteiger partial charge in [0.1, 0.15) is 17.2 Å². The van der Waals surface area contributed by atoms with E-state index in [1.54, 1.807) is 37.3 Å². The number of carbonyl (C=O) groups excluding carboxylic acids is 1. The molecule has 28 heavy (non-hydrogen) atoms. The second-order valence-electron chi connectivity index (χ2n) is 5.85. The number of halogens is 1. The standard InChI is InChI=1S/C20H19ClN4O3/c1-12-9-16(19(26)23-13-7-5-4-6-8-13)25-20(22-12)24-15-11-17(27-2)14(21)10-18(15)28-3/h4-11H,1-3H3,(H,23,26)(H,22,24,25). The molecule has 0 aliphatic rings. The molecule has 3 aromatic rings. The normalized spacial score (nSPS) is 10.3. The third kappa shape index (κ3) is 4.50. The number of amides is 1. The van der Waals surface area contributed by atoms with E-state index in [1.807, 2.05) is 18.2 Å². The first-order valence-corrected chi connectivity index (χ1v) is 8.78.